The van der Waals surface area contributed by atoms with Crippen LogP contribution in [0.4, 0.5) is 9.52 Å². The third-order valence-corrected chi connectivity index (χ3v) is 6.04. The van der Waals surface area contributed by atoms with Crippen molar-refractivity contribution in [1.29, 1.82) is 0 Å². The molecular weight excluding hydrogens is 337 g/mol. The highest BCUT2D eigenvalue weighted by Gasteiger charge is 2.46. The monoisotopic (exact) mass is 361 g/mol. The molecule has 0 atom stereocenters. The average Bonchev–Trinajstić information content (AvgIpc) is 3.18. The maximum absolute atomic E-state index is 13.0. The topological polar surface area (TPSA) is 38.2 Å². The number of nitrogens with zero attached hydrogens (tertiary/aromatic N) is 3. The first-order chi connectivity index (χ1) is 11.9. The summed E-state index contributed by atoms with van der Waals surface area (Å²) in [5.74, 6) is -0.209. The van der Waals surface area contributed by atoms with E-state index < -0.39 is 0 Å². The van der Waals surface area contributed by atoms with Crippen molar-refractivity contribution in [2.75, 3.05) is 18.0 Å². The van der Waals surface area contributed by atoms with E-state index in [-0.39, 0.29) is 17.0 Å². The Morgan fingerprint density at radius 1 is 1.12 bits per heavy atom. The van der Waals surface area contributed by atoms with Gasteiger partial charge in [0.05, 0.1) is 11.2 Å². The molecule has 0 N–H and O–H groups in total. The van der Waals surface area contributed by atoms with E-state index in [0.717, 1.165) is 41.6 Å². The van der Waals surface area contributed by atoms with Gasteiger partial charge >= 0.3 is 0 Å². The second kappa shape index (κ2) is 6.32. The molecule has 0 radical (unpaired) electrons. The molecule has 2 aromatic rings. The quantitative estimate of drug-likeness (QED) is 0.821. The maximum atomic E-state index is 13.0. The minimum atomic E-state index is -0.209. The zero-order valence-electron chi connectivity index (χ0n) is 14.8. The fourth-order valence-corrected chi connectivity index (χ4v) is 5.02. The van der Waals surface area contributed by atoms with E-state index in [1.165, 1.54) is 25.0 Å². The summed E-state index contributed by atoms with van der Waals surface area (Å²) in [5.41, 5.74) is 0.856. The summed E-state index contributed by atoms with van der Waals surface area (Å²) in [6.45, 7) is 6.07. The molecule has 4 rings (SSSR count). The van der Waals surface area contributed by atoms with Gasteiger partial charge in [0.15, 0.2) is 0 Å². The van der Waals surface area contributed by atoms with Gasteiger partial charge in [0, 0.05) is 19.5 Å². The molecule has 4 nitrogen and oxygen atoms in total. The minimum absolute atomic E-state index is 0.0233. The number of benzene rings is 1. The fraction of sp³-hybridized carbons (Fsp3) is 0.579. The summed E-state index contributed by atoms with van der Waals surface area (Å²) in [6.07, 6.45) is 5.45. The standard InChI is InChI=1S/C19H24FN3OS/c1-18(2)12-23(13-19(24-18)9-3-4-10-19)17-22-21-16(25-17)11-14-5-7-15(20)8-6-14/h5-8H,3-4,9-13H2,1-2H3. The lowest BCUT2D eigenvalue weighted by Gasteiger charge is -2.48. The SMILES string of the molecule is CC1(C)CN(c2nnc(Cc3ccc(F)cc3)s2)CC2(CCCC2)O1. The van der Waals surface area contributed by atoms with Crippen molar-refractivity contribution in [2.24, 2.45) is 0 Å². The zero-order valence-corrected chi connectivity index (χ0v) is 15.6. The van der Waals surface area contributed by atoms with Crippen LogP contribution in [0, 0.1) is 5.82 Å². The Balaban J connectivity index is 1.51. The van der Waals surface area contributed by atoms with E-state index in [1.54, 1.807) is 11.3 Å². The maximum Gasteiger partial charge on any atom is 0.208 e. The van der Waals surface area contributed by atoms with Gasteiger partial charge in [0.25, 0.3) is 0 Å². The Morgan fingerprint density at radius 2 is 1.84 bits per heavy atom. The molecule has 2 fully saturated rings. The van der Waals surface area contributed by atoms with E-state index in [9.17, 15) is 4.39 Å². The van der Waals surface area contributed by atoms with Crippen LogP contribution in [0.5, 0.6) is 0 Å². The molecule has 0 amide bonds. The molecule has 0 bridgehead atoms. The first kappa shape index (κ1) is 16.9. The number of anilines is 1. The Hall–Kier alpha value is -1.53. The number of aromatic nitrogens is 2. The predicted molar refractivity (Wildman–Crippen MR) is 97.7 cm³/mol. The van der Waals surface area contributed by atoms with Gasteiger partial charge in [0.2, 0.25) is 5.13 Å². The second-order valence-corrected chi connectivity index (χ2v) is 8.93. The van der Waals surface area contributed by atoms with Crippen molar-refractivity contribution >= 4 is 16.5 Å². The van der Waals surface area contributed by atoms with Gasteiger partial charge in [0.1, 0.15) is 10.8 Å². The molecule has 1 saturated heterocycles. The second-order valence-electron chi connectivity index (χ2n) is 7.89. The fourth-order valence-electron chi connectivity index (χ4n) is 4.15. The van der Waals surface area contributed by atoms with Crippen LogP contribution in [0.3, 0.4) is 0 Å². The van der Waals surface area contributed by atoms with Crippen molar-refractivity contribution < 1.29 is 9.13 Å². The van der Waals surface area contributed by atoms with Crippen LogP contribution < -0.4 is 4.90 Å². The molecule has 134 valence electrons. The molecule has 25 heavy (non-hydrogen) atoms. The largest absolute Gasteiger partial charge is 0.365 e. The Morgan fingerprint density at radius 3 is 2.56 bits per heavy atom. The average molecular weight is 361 g/mol. The highest BCUT2D eigenvalue weighted by atomic mass is 32.1. The smallest absolute Gasteiger partial charge is 0.208 e. The number of hydrogen-bond acceptors (Lipinski definition) is 5. The highest BCUT2D eigenvalue weighted by molar-refractivity contribution is 7.15. The molecule has 1 spiro atoms. The van der Waals surface area contributed by atoms with E-state index in [2.05, 4.69) is 28.9 Å². The van der Waals surface area contributed by atoms with Crippen molar-refractivity contribution in [1.82, 2.24) is 10.2 Å². The molecule has 1 aliphatic heterocycles. The summed E-state index contributed by atoms with van der Waals surface area (Å²) >= 11 is 1.64. The molecule has 1 aromatic heterocycles. The number of hydrogen-bond donors (Lipinski definition) is 0. The molecule has 2 heterocycles. The molecule has 1 aromatic carbocycles. The molecule has 1 aliphatic carbocycles. The van der Waals surface area contributed by atoms with Gasteiger partial charge in [-0.3, -0.25) is 0 Å². The molecule has 2 aliphatic rings. The summed E-state index contributed by atoms with van der Waals surface area (Å²) in [5, 5.41) is 10.7. The summed E-state index contributed by atoms with van der Waals surface area (Å²) in [7, 11) is 0. The Kier molecular flexibility index (Phi) is 4.28. The molecule has 6 heteroatoms. The lowest BCUT2D eigenvalue weighted by molar-refractivity contribution is -0.148. The van der Waals surface area contributed by atoms with Crippen molar-refractivity contribution in [2.45, 2.75) is 57.2 Å². The van der Waals surface area contributed by atoms with Gasteiger partial charge in [-0.05, 0) is 44.4 Å². The molecule has 0 unspecified atom stereocenters. The van der Waals surface area contributed by atoms with E-state index in [0.29, 0.717) is 6.42 Å². The number of morpholine rings is 1. The number of ether oxygens (including phenoxy) is 1. The predicted octanol–water partition coefficient (Wildman–Crippen LogP) is 4.20. The molecular formula is C19H24FN3OS. The van der Waals surface area contributed by atoms with Crippen LogP contribution in [0.1, 0.15) is 50.1 Å². The van der Waals surface area contributed by atoms with E-state index in [4.69, 9.17) is 4.74 Å². The Bertz CT molecular complexity index is 737. The van der Waals surface area contributed by atoms with Gasteiger partial charge in [-0.1, -0.05) is 36.3 Å². The van der Waals surface area contributed by atoms with Crippen molar-refractivity contribution in [3.63, 3.8) is 0 Å². The van der Waals surface area contributed by atoms with Crippen LogP contribution >= 0.6 is 11.3 Å². The normalized spacial score (nSPS) is 21.8. The zero-order chi connectivity index (χ0) is 17.5. The summed E-state index contributed by atoms with van der Waals surface area (Å²) in [4.78, 5) is 2.35. The first-order valence-corrected chi connectivity index (χ1v) is 9.77. The van der Waals surface area contributed by atoms with E-state index >= 15 is 0 Å². The van der Waals surface area contributed by atoms with Gasteiger partial charge in [-0.2, -0.15) is 0 Å². The summed E-state index contributed by atoms with van der Waals surface area (Å²) < 4.78 is 19.5. The van der Waals surface area contributed by atoms with Crippen molar-refractivity contribution in [3.05, 3.63) is 40.7 Å². The lowest BCUT2D eigenvalue weighted by Crippen LogP contribution is -2.58. The van der Waals surface area contributed by atoms with Gasteiger partial charge in [-0.25, -0.2) is 4.39 Å². The lowest BCUT2D eigenvalue weighted by atomic mass is 9.94. The number of halogens is 1. The third kappa shape index (κ3) is 3.70. The Labute approximate surface area is 152 Å². The third-order valence-electron chi connectivity index (χ3n) is 5.05. The van der Waals surface area contributed by atoms with Crippen LogP contribution in [0.25, 0.3) is 0 Å². The van der Waals surface area contributed by atoms with E-state index in [1.807, 2.05) is 12.1 Å². The highest BCUT2D eigenvalue weighted by Crippen LogP contribution is 2.42. The van der Waals surface area contributed by atoms with Crippen LogP contribution in [-0.2, 0) is 11.2 Å². The van der Waals surface area contributed by atoms with Crippen molar-refractivity contribution in [3.8, 4) is 0 Å². The van der Waals surface area contributed by atoms with Crippen LogP contribution in [-0.4, -0.2) is 34.5 Å². The summed E-state index contributed by atoms with van der Waals surface area (Å²) in [6, 6.07) is 6.60. The van der Waals surface area contributed by atoms with Gasteiger partial charge < -0.3 is 9.64 Å². The molecule has 1 saturated carbocycles. The van der Waals surface area contributed by atoms with Gasteiger partial charge in [-0.15, -0.1) is 10.2 Å². The number of rotatable bonds is 3. The first-order valence-electron chi connectivity index (χ1n) is 8.95. The van der Waals surface area contributed by atoms with Crippen LogP contribution in [0.2, 0.25) is 0 Å². The minimum Gasteiger partial charge on any atom is -0.365 e. The van der Waals surface area contributed by atoms with Crippen LogP contribution in [0.15, 0.2) is 24.3 Å².